The molecule has 1 fully saturated rings. The number of sulfonamides is 1. The number of hydrogen-bond donors (Lipinski definition) is 1. The molecule has 0 aromatic heterocycles. The standard InChI is InChI=1S/C18H17F3N2O4S/c19-18(20,21)13-5-7-14(8-6-13)28(26,27)23-11-9-22(10-12-23)17(25)15-3-1-2-4-16(15)24/h1-8,24H,9-12H2. The average molecular weight is 414 g/mol. The molecule has 1 amide bonds. The highest BCUT2D eigenvalue weighted by Crippen LogP contribution is 2.30. The van der Waals surface area contributed by atoms with Gasteiger partial charge in [0.2, 0.25) is 10.0 Å². The first-order valence-corrected chi connectivity index (χ1v) is 9.79. The van der Waals surface area contributed by atoms with Crippen molar-refractivity contribution in [2.45, 2.75) is 11.1 Å². The lowest BCUT2D eigenvalue weighted by Crippen LogP contribution is -2.50. The van der Waals surface area contributed by atoms with Crippen LogP contribution in [0.3, 0.4) is 0 Å². The molecule has 0 radical (unpaired) electrons. The molecular weight excluding hydrogens is 397 g/mol. The first-order valence-electron chi connectivity index (χ1n) is 8.35. The molecule has 1 saturated heterocycles. The molecule has 3 rings (SSSR count). The van der Waals surface area contributed by atoms with E-state index in [1.54, 1.807) is 12.1 Å². The summed E-state index contributed by atoms with van der Waals surface area (Å²) in [5.74, 6) is -0.572. The second-order valence-electron chi connectivity index (χ2n) is 6.24. The van der Waals surface area contributed by atoms with Crippen molar-refractivity contribution >= 4 is 15.9 Å². The van der Waals surface area contributed by atoms with Gasteiger partial charge in [-0.1, -0.05) is 12.1 Å². The maximum Gasteiger partial charge on any atom is 0.416 e. The van der Waals surface area contributed by atoms with E-state index in [1.807, 2.05) is 0 Å². The number of para-hydroxylation sites is 1. The van der Waals surface area contributed by atoms with E-state index in [0.29, 0.717) is 0 Å². The third-order valence-corrected chi connectivity index (χ3v) is 6.39. The molecule has 0 bridgehead atoms. The van der Waals surface area contributed by atoms with Gasteiger partial charge in [-0.2, -0.15) is 17.5 Å². The fourth-order valence-corrected chi connectivity index (χ4v) is 4.34. The molecule has 0 saturated carbocycles. The van der Waals surface area contributed by atoms with Gasteiger partial charge in [-0.05, 0) is 36.4 Å². The zero-order valence-electron chi connectivity index (χ0n) is 14.6. The third-order valence-electron chi connectivity index (χ3n) is 4.48. The van der Waals surface area contributed by atoms with Gasteiger partial charge < -0.3 is 10.0 Å². The summed E-state index contributed by atoms with van der Waals surface area (Å²) in [5, 5.41) is 9.79. The number of carbonyl (C=O) groups is 1. The van der Waals surface area contributed by atoms with Crippen molar-refractivity contribution in [3.05, 3.63) is 59.7 Å². The number of phenols is 1. The maximum absolute atomic E-state index is 12.7. The highest BCUT2D eigenvalue weighted by molar-refractivity contribution is 7.89. The molecule has 0 unspecified atom stereocenters. The minimum Gasteiger partial charge on any atom is -0.507 e. The van der Waals surface area contributed by atoms with Crippen LogP contribution >= 0.6 is 0 Å². The fraction of sp³-hybridized carbons (Fsp3) is 0.278. The summed E-state index contributed by atoms with van der Waals surface area (Å²) >= 11 is 0. The van der Waals surface area contributed by atoms with Gasteiger partial charge in [-0.3, -0.25) is 4.79 Å². The van der Waals surface area contributed by atoms with Crippen molar-refractivity contribution in [2.24, 2.45) is 0 Å². The van der Waals surface area contributed by atoms with Crippen molar-refractivity contribution in [1.29, 1.82) is 0 Å². The van der Waals surface area contributed by atoms with Crippen LogP contribution in [0.1, 0.15) is 15.9 Å². The minimum absolute atomic E-state index is 0.00267. The van der Waals surface area contributed by atoms with E-state index < -0.39 is 27.7 Å². The Labute approximate surface area is 159 Å². The lowest BCUT2D eigenvalue weighted by molar-refractivity contribution is -0.137. The van der Waals surface area contributed by atoms with Crippen molar-refractivity contribution in [3.63, 3.8) is 0 Å². The van der Waals surface area contributed by atoms with Gasteiger partial charge in [0, 0.05) is 26.2 Å². The first-order chi connectivity index (χ1) is 13.1. The number of benzene rings is 2. The largest absolute Gasteiger partial charge is 0.507 e. The summed E-state index contributed by atoms with van der Waals surface area (Å²) in [6, 6.07) is 9.37. The Hall–Kier alpha value is -2.59. The van der Waals surface area contributed by atoms with E-state index in [1.165, 1.54) is 17.0 Å². The number of carbonyl (C=O) groups excluding carboxylic acids is 1. The number of piperazine rings is 1. The van der Waals surface area contributed by atoms with Gasteiger partial charge >= 0.3 is 6.18 Å². The molecule has 10 heteroatoms. The Bertz CT molecular complexity index is 967. The van der Waals surface area contributed by atoms with E-state index in [0.717, 1.165) is 28.6 Å². The molecule has 6 nitrogen and oxygen atoms in total. The van der Waals surface area contributed by atoms with Crippen LogP contribution in [-0.2, 0) is 16.2 Å². The zero-order valence-corrected chi connectivity index (χ0v) is 15.4. The molecule has 0 spiro atoms. The highest BCUT2D eigenvalue weighted by atomic mass is 32.2. The number of aromatic hydroxyl groups is 1. The molecule has 2 aromatic carbocycles. The second-order valence-corrected chi connectivity index (χ2v) is 8.17. The summed E-state index contributed by atoms with van der Waals surface area (Å²) in [7, 11) is -3.97. The van der Waals surface area contributed by atoms with Gasteiger partial charge in [-0.15, -0.1) is 0 Å². The van der Waals surface area contributed by atoms with Crippen molar-refractivity contribution in [3.8, 4) is 5.75 Å². The monoisotopic (exact) mass is 414 g/mol. The van der Waals surface area contributed by atoms with Gasteiger partial charge in [0.15, 0.2) is 0 Å². The Morgan fingerprint density at radius 3 is 2.04 bits per heavy atom. The number of nitrogens with zero attached hydrogens (tertiary/aromatic N) is 2. The van der Waals surface area contributed by atoms with E-state index in [9.17, 15) is 31.5 Å². The van der Waals surface area contributed by atoms with Crippen LogP contribution < -0.4 is 0 Å². The quantitative estimate of drug-likeness (QED) is 0.838. The van der Waals surface area contributed by atoms with Gasteiger partial charge in [0.25, 0.3) is 5.91 Å². The highest BCUT2D eigenvalue weighted by Gasteiger charge is 2.33. The molecule has 1 aliphatic rings. The lowest BCUT2D eigenvalue weighted by atomic mass is 10.1. The SMILES string of the molecule is O=C(c1ccccc1O)N1CCN(S(=O)(=O)c2ccc(C(F)(F)F)cc2)CC1. The lowest BCUT2D eigenvalue weighted by Gasteiger charge is -2.34. The van der Waals surface area contributed by atoms with E-state index in [2.05, 4.69) is 0 Å². The van der Waals surface area contributed by atoms with E-state index in [4.69, 9.17) is 0 Å². The molecule has 150 valence electrons. The van der Waals surface area contributed by atoms with Crippen LogP contribution in [0.25, 0.3) is 0 Å². The number of hydrogen-bond acceptors (Lipinski definition) is 4. The van der Waals surface area contributed by atoms with Crippen molar-refractivity contribution in [1.82, 2.24) is 9.21 Å². The third kappa shape index (κ3) is 3.97. The Morgan fingerprint density at radius 1 is 0.929 bits per heavy atom. The summed E-state index contributed by atoms with van der Waals surface area (Å²) in [5.41, 5.74) is -0.800. The number of rotatable bonds is 3. The second kappa shape index (κ2) is 7.44. The molecule has 1 N–H and O–H groups in total. The molecule has 1 heterocycles. The van der Waals surface area contributed by atoms with Gasteiger partial charge in [-0.25, -0.2) is 8.42 Å². The van der Waals surface area contributed by atoms with E-state index >= 15 is 0 Å². The van der Waals surface area contributed by atoms with Crippen LogP contribution in [0.4, 0.5) is 13.2 Å². The first kappa shape index (κ1) is 20.2. The summed E-state index contributed by atoms with van der Waals surface area (Å²) in [6.45, 7) is 0.214. The van der Waals surface area contributed by atoms with E-state index in [-0.39, 0.29) is 42.4 Å². The zero-order chi connectivity index (χ0) is 20.5. The van der Waals surface area contributed by atoms with Crippen LogP contribution in [0.5, 0.6) is 5.75 Å². The number of phenolic OH excluding ortho intramolecular Hbond substituents is 1. The number of halogens is 3. The van der Waals surface area contributed by atoms with Gasteiger partial charge in [0.1, 0.15) is 5.75 Å². The number of amides is 1. The minimum atomic E-state index is -4.54. The molecule has 28 heavy (non-hydrogen) atoms. The van der Waals surface area contributed by atoms with Crippen LogP contribution in [0.15, 0.2) is 53.4 Å². The summed E-state index contributed by atoms with van der Waals surface area (Å²) < 4.78 is 64.4. The molecule has 1 aliphatic heterocycles. The van der Waals surface area contributed by atoms with Crippen molar-refractivity contribution < 1.29 is 31.5 Å². The predicted octanol–water partition coefficient (Wildman–Crippen LogP) is 2.56. The maximum atomic E-state index is 12.7. The molecule has 2 aromatic rings. The Kier molecular flexibility index (Phi) is 5.35. The normalized spacial score (nSPS) is 16.2. The summed E-state index contributed by atoms with van der Waals surface area (Å²) in [6.07, 6.45) is -4.54. The van der Waals surface area contributed by atoms with Gasteiger partial charge in [0.05, 0.1) is 16.0 Å². The molecule has 0 aliphatic carbocycles. The number of alkyl halides is 3. The smallest absolute Gasteiger partial charge is 0.416 e. The molecule has 0 atom stereocenters. The Balaban J connectivity index is 1.70. The predicted molar refractivity (Wildman–Crippen MR) is 94.2 cm³/mol. The topological polar surface area (TPSA) is 77.9 Å². The average Bonchev–Trinajstić information content (AvgIpc) is 2.67. The van der Waals surface area contributed by atoms with Crippen LogP contribution in [0, 0.1) is 0 Å². The van der Waals surface area contributed by atoms with Crippen molar-refractivity contribution in [2.75, 3.05) is 26.2 Å². The Morgan fingerprint density at radius 2 is 1.50 bits per heavy atom. The van der Waals surface area contributed by atoms with Crippen LogP contribution in [0.2, 0.25) is 0 Å². The summed E-state index contributed by atoms with van der Waals surface area (Å²) in [4.78, 5) is 13.7. The fourth-order valence-electron chi connectivity index (χ4n) is 2.92. The van der Waals surface area contributed by atoms with Crippen LogP contribution in [-0.4, -0.2) is 54.8 Å². The molecular formula is C18H17F3N2O4S.